The van der Waals surface area contributed by atoms with E-state index in [0.29, 0.717) is 0 Å². The van der Waals surface area contributed by atoms with Gasteiger partial charge in [0.2, 0.25) is 0 Å². The maximum atomic E-state index is 13.1. The Morgan fingerprint density at radius 3 is 2.92 bits per heavy atom. The Labute approximate surface area is 80.3 Å². The van der Waals surface area contributed by atoms with Gasteiger partial charge in [0.1, 0.15) is 6.61 Å². The number of benzene rings is 1. The third-order valence-corrected chi connectivity index (χ3v) is 1.64. The van der Waals surface area contributed by atoms with Gasteiger partial charge in [0.15, 0.2) is 17.3 Å². The van der Waals surface area contributed by atoms with Crippen molar-refractivity contribution in [2.24, 2.45) is 0 Å². The van der Waals surface area contributed by atoms with E-state index < -0.39 is 5.82 Å². The number of hydrogen-bond donors (Lipinski definition) is 0. The number of Topliss-reactive ketones (excluding diaryl/α,β-unsaturated/α-hetero) is 1. The van der Waals surface area contributed by atoms with Gasteiger partial charge in [-0.05, 0) is 19.1 Å². The summed E-state index contributed by atoms with van der Waals surface area (Å²) in [4.78, 5) is 10.5. The Balaban J connectivity index is 2.77. The van der Waals surface area contributed by atoms with Gasteiger partial charge in [-0.25, -0.2) is 4.39 Å². The van der Waals surface area contributed by atoms with E-state index in [0.717, 1.165) is 0 Å². The molecule has 0 N–H and O–H groups in total. The molecule has 0 amide bonds. The zero-order valence-electron chi connectivity index (χ0n) is 7.01. The van der Waals surface area contributed by atoms with Crippen molar-refractivity contribution in [3.63, 3.8) is 0 Å². The summed E-state index contributed by atoms with van der Waals surface area (Å²) >= 11 is 5.49. The number of halogens is 2. The second-order valence-corrected chi connectivity index (χ2v) is 2.95. The smallest absolute Gasteiger partial charge is 0.183 e. The molecule has 0 saturated heterocycles. The van der Waals surface area contributed by atoms with E-state index in [1.807, 2.05) is 0 Å². The monoisotopic (exact) mass is 202 g/mol. The molecule has 0 aromatic heterocycles. The highest BCUT2D eigenvalue weighted by atomic mass is 35.5. The van der Waals surface area contributed by atoms with Crippen LogP contribution < -0.4 is 4.74 Å². The molecule has 13 heavy (non-hydrogen) atoms. The van der Waals surface area contributed by atoms with Crippen molar-refractivity contribution in [2.75, 3.05) is 6.61 Å². The molecule has 0 fully saturated rings. The predicted octanol–water partition coefficient (Wildman–Crippen LogP) is 2.45. The van der Waals surface area contributed by atoms with Gasteiger partial charge >= 0.3 is 0 Å². The topological polar surface area (TPSA) is 26.3 Å². The summed E-state index contributed by atoms with van der Waals surface area (Å²) in [5.41, 5.74) is 0. The highest BCUT2D eigenvalue weighted by molar-refractivity contribution is 6.30. The van der Waals surface area contributed by atoms with Crippen molar-refractivity contribution in [2.45, 2.75) is 6.92 Å². The quantitative estimate of drug-likeness (QED) is 0.753. The third-order valence-electron chi connectivity index (χ3n) is 1.35. The normalized spacial score (nSPS) is 9.77. The number of rotatable bonds is 3. The summed E-state index contributed by atoms with van der Waals surface area (Å²) in [6.45, 7) is 1.22. The van der Waals surface area contributed by atoms with Gasteiger partial charge in [0.05, 0.1) is 5.02 Å². The first-order valence-electron chi connectivity index (χ1n) is 3.67. The molecule has 0 radical (unpaired) electrons. The van der Waals surface area contributed by atoms with Gasteiger partial charge in [-0.15, -0.1) is 0 Å². The molecule has 0 bridgehead atoms. The van der Waals surface area contributed by atoms with Crippen LogP contribution in [0.5, 0.6) is 5.75 Å². The van der Waals surface area contributed by atoms with E-state index in [4.69, 9.17) is 16.3 Å². The first-order valence-corrected chi connectivity index (χ1v) is 4.05. The second kappa shape index (κ2) is 4.23. The molecule has 70 valence electrons. The molecular weight excluding hydrogens is 195 g/mol. The molecule has 0 aliphatic carbocycles. The van der Waals surface area contributed by atoms with E-state index in [1.54, 1.807) is 6.07 Å². The summed E-state index contributed by atoms with van der Waals surface area (Å²) < 4.78 is 18.0. The summed E-state index contributed by atoms with van der Waals surface area (Å²) in [6, 6.07) is 4.39. The molecule has 2 nitrogen and oxygen atoms in total. The van der Waals surface area contributed by atoms with Gasteiger partial charge in [-0.2, -0.15) is 0 Å². The van der Waals surface area contributed by atoms with Crippen LogP contribution in [0.4, 0.5) is 4.39 Å². The van der Waals surface area contributed by atoms with Crippen LogP contribution in [-0.2, 0) is 4.79 Å². The minimum absolute atomic E-state index is 0.00250. The standard InChI is InChI=1S/C9H8ClFO2/c1-6(12)5-13-8-4-2-3-7(10)9(8)11/h2-4H,5H2,1H3. The third kappa shape index (κ3) is 2.70. The second-order valence-electron chi connectivity index (χ2n) is 2.54. The average molecular weight is 203 g/mol. The highest BCUT2D eigenvalue weighted by Crippen LogP contribution is 2.23. The fraction of sp³-hybridized carbons (Fsp3) is 0.222. The lowest BCUT2D eigenvalue weighted by Gasteiger charge is -2.05. The molecule has 0 spiro atoms. The Morgan fingerprint density at radius 2 is 2.31 bits per heavy atom. The fourth-order valence-electron chi connectivity index (χ4n) is 0.775. The maximum absolute atomic E-state index is 13.1. The van der Waals surface area contributed by atoms with Crippen LogP contribution in [0.25, 0.3) is 0 Å². The van der Waals surface area contributed by atoms with Crippen LogP contribution in [0, 0.1) is 5.82 Å². The van der Waals surface area contributed by atoms with Crippen LogP contribution in [0.3, 0.4) is 0 Å². The van der Waals surface area contributed by atoms with Gasteiger partial charge in [-0.3, -0.25) is 4.79 Å². The van der Waals surface area contributed by atoms with Crippen LogP contribution in [0.2, 0.25) is 5.02 Å². The number of hydrogen-bond acceptors (Lipinski definition) is 2. The molecular formula is C9H8ClFO2. The van der Waals surface area contributed by atoms with E-state index in [-0.39, 0.29) is 23.2 Å². The van der Waals surface area contributed by atoms with Crippen LogP contribution in [0.1, 0.15) is 6.92 Å². The van der Waals surface area contributed by atoms with Crippen LogP contribution in [-0.4, -0.2) is 12.4 Å². The van der Waals surface area contributed by atoms with E-state index in [2.05, 4.69) is 0 Å². The Bertz CT molecular complexity index is 325. The summed E-state index contributed by atoms with van der Waals surface area (Å²) in [5, 5.41) is -0.0129. The molecule has 0 unspecified atom stereocenters. The highest BCUT2D eigenvalue weighted by Gasteiger charge is 2.07. The van der Waals surface area contributed by atoms with Crippen LogP contribution >= 0.6 is 11.6 Å². The minimum atomic E-state index is -0.634. The lowest BCUT2D eigenvalue weighted by Crippen LogP contribution is -2.07. The van der Waals surface area contributed by atoms with Crippen molar-refractivity contribution in [3.05, 3.63) is 29.0 Å². The molecule has 1 aromatic rings. The Morgan fingerprint density at radius 1 is 1.62 bits per heavy atom. The van der Waals surface area contributed by atoms with Crippen molar-refractivity contribution in [1.29, 1.82) is 0 Å². The summed E-state index contributed by atoms with van der Waals surface area (Å²) in [6.07, 6.45) is 0. The van der Waals surface area contributed by atoms with Gasteiger partial charge in [0, 0.05) is 0 Å². The molecule has 0 saturated carbocycles. The van der Waals surface area contributed by atoms with E-state index in [1.165, 1.54) is 19.1 Å². The van der Waals surface area contributed by atoms with Gasteiger partial charge in [-0.1, -0.05) is 17.7 Å². The first kappa shape index (κ1) is 9.99. The maximum Gasteiger partial charge on any atom is 0.183 e. The molecule has 1 aromatic carbocycles. The molecule has 0 atom stereocenters. The van der Waals surface area contributed by atoms with E-state index >= 15 is 0 Å². The first-order chi connectivity index (χ1) is 6.11. The molecule has 0 aliphatic heterocycles. The fourth-order valence-corrected chi connectivity index (χ4v) is 0.941. The molecule has 0 aliphatic rings. The Kier molecular flexibility index (Phi) is 3.25. The van der Waals surface area contributed by atoms with E-state index in [9.17, 15) is 9.18 Å². The number of ether oxygens (including phenoxy) is 1. The number of ketones is 1. The van der Waals surface area contributed by atoms with Gasteiger partial charge < -0.3 is 4.74 Å². The Hall–Kier alpha value is -1.09. The van der Waals surface area contributed by atoms with Crippen molar-refractivity contribution in [1.82, 2.24) is 0 Å². The minimum Gasteiger partial charge on any atom is -0.483 e. The van der Waals surface area contributed by atoms with Crippen molar-refractivity contribution >= 4 is 17.4 Å². The van der Waals surface area contributed by atoms with Crippen LogP contribution in [0.15, 0.2) is 18.2 Å². The lowest BCUT2D eigenvalue weighted by molar-refractivity contribution is -0.118. The zero-order valence-corrected chi connectivity index (χ0v) is 7.77. The van der Waals surface area contributed by atoms with Crippen molar-refractivity contribution < 1.29 is 13.9 Å². The summed E-state index contributed by atoms with van der Waals surface area (Å²) in [7, 11) is 0. The average Bonchev–Trinajstić information content (AvgIpc) is 2.07. The number of carbonyl (C=O) groups excluding carboxylic acids is 1. The summed E-state index contributed by atoms with van der Waals surface area (Å²) in [5.74, 6) is -0.799. The SMILES string of the molecule is CC(=O)COc1cccc(Cl)c1F. The largest absolute Gasteiger partial charge is 0.483 e. The molecule has 4 heteroatoms. The molecule has 1 rings (SSSR count). The number of carbonyl (C=O) groups is 1. The zero-order chi connectivity index (χ0) is 9.84. The predicted molar refractivity (Wildman–Crippen MR) is 47.6 cm³/mol. The lowest BCUT2D eigenvalue weighted by atomic mass is 10.3. The molecule has 0 heterocycles. The van der Waals surface area contributed by atoms with Crippen molar-refractivity contribution in [3.8, 4) is 5.75 Å². The van der Waals surface area contributed by atoms with Gasteiger partial charge in [0.25, 0.3) is 0 Å².